The Labute approximate surface area is 160 Å². The van der Waals surface area contributed by atoms with E-state index in [-0.39, 0.29) is 16.8 Å². The van der Waals surface area contributed by atoms with E-state index in [0.717, 1.165) is 31.5 Å². The van der Waals surface area contributed by atoms with Gasteiger partial charge < -0.3 is 5.32 Å². The monoisotopic (exact) mass is 379 g/mol. The topological polar surface area (TPSA) is 98.9 Å². The zero-order valence-corrected chi connectivity index (χ0v) is 15.6. The van der Waals surface area contributed by atoms with Crippen LogP contribution in [0.3, 0.4) is 0 Å². The normalized spacial score (nSPS) is 12.9. The van der Waals surface area contributed by atoms with E-state index in [4.69, 9.17) is 0 Å². The van der Waals surface area contributed by atoms with Crippen molar-refractivity contribution in [3.63, 3.8) is 0 Å². The Morgan fingerprint density at radius 1 is 1.21 bits per heavy atom. The van der Waals surface area contributed by atoms with Crippen molar-refractivity contribution in [2.45, 2.75) is 45.7 Å². The Morgan fingerprint density at radius 3 is 2.89 bits per heavy atom. The standard InChI is InChI=1S/C20H21N5O3/c1-2-3-11-25-18(26)9-8-16(23-25)19(27)21-13-6-7-15-14(12-13)20(28)24-10-4-5-17(24)22-15/h6-9,12H,2-5,10-11H2,1H3,(H,21,27). The number of aryl methyl sites for hydroxylation is 2. The molecule has 0 atom stereocenters. The molecule has 28 heavy (non-hydrogen) atoms. The molecule has 8 heteroatoms. The lowest BCUT2D eigenvalue weighted by Crippen LogP contribution is -2.26. The molecule has 2 aromatic heterocycles. The largest absolute Gasteiger partial charge is 0.321 e. The molecule has 1 aromatic carbocycles. The highest BCUT2D eigenvalue weighted by Crippen LogP contribution is 2.18. The van der Waals surface area contributed by atoms with Gasteiger partial charge in [0, 0.05) is 31.3 Å². The average molecular weight is 379 g/mol. The van der Waals surface area contributed by atoms with Crippen LogP contribution in [0, 0.1) is 0 Å². The summed E-state index contributed by atoms with van der Waals surface area (Å²) in [6.45, 7) is 3.17. The SMILES string of the molecule is CCCCn1nc(C(=O)Nc2ccc3nc4n(c(=O)c3c2)CCC4)ccc1=O. The average Bonchev–Trinajstić information content (AvgIpc) is 3.17. The summed E-state index contributed by atoms with van der Waals surface area (Å²) in [4.78, 5) is 41.6. The molecule has 0 spiro atoms. The second-order valence-corrected chi connectivity index (χ2v) is 6.91. The van der Waals surface area contributed by atoms with Gasteiger partial charge in [-0.2, -0.15) is 5.10 Å². The van der Waals surface area contributed by atoms with Crippen LogP contribution in [-0.2, 0) is 19.5 Å². The number of fused-ring (bicyclic) bond motifs is 2. The van der Waals surface area contributed by atoms with E-state index in [0.29, 0.717) is 29.7 Å². The van der Waals surface area contributed by atoms with E-state index in [1.807, 2.05) is 6.92 Å². The van der Waals surface area contributed by atoms with E-state index >= 15 is 0 Å². The molecule has 144 valence electrons. The lowest BCUT2D eigenvalue weighted by molar-refractivity contribution is 0.102. The highest BCUT2D eigenvalue weighted by molar-refractivity contribution is 6.03. The van der Waals surface area contributed by atoms with Crippen LogP contribution in [0.4, 0.5) is 5.69 Å². The molecular formula is C20H21N5O3. The van der Waals surface area contributed by atoms with Crippen LogP contribution in [-0.4, -0.2) is 25.2 Å². The third-order valence-corrected chi connectivity index (χ3v) is 4.90. The molecule has 4 rings (SSSR count). The number of unbranched alkanes of at least 4 members (excludes halogenated alkanes) is 1. The van der Waals surface area contributed by atoms with Crippen molar-refractivity contribution < 1.29 is 4.79 Å². The van der Waals surface area contributed by atoms with Gasteiger partial charge in [0.15, 0.2) is 0 Å². The van der Waals surface area contributed by atoms with E-state index in [1.165, 1.54) is 16.8 Å². The third kappa shape index (κ3) is 3.33. The number of hydrogen-bond donors (Lipinski definition) is 1. The van der Waals surface area contributed by atoms with E-state index < -0.39 is 5.91 Å². The first-order valence-electron chi connectivity index (χ1n) is 9.50. The van der Waals surface area contributed by atoms with Crippen molar-refractivity contribution in [2.75, 3.05) is 5.32 Å². The second kappa shape index (κ2) is 7.38. The first-order valence-corrected chi connectivity index (χ1v) is 9.50. The maximum atomic E-state index is 12.7. The van der Waals surface area contributed by atoms with Gasteiger partial charge in [-0.15, -0.1) is 0 Å². The number of amides is 1. The number of carbonyl (C=O) groups excluding carboxylic acids is 1. The fourth-order valence-corrected chi connectivity index (χ4v) is 3.39. The lowest BCUT2D eigenvalue weighted by atomic mass is 10.2. The van der Waals surface area contributed by atoms with Crippen LogP contribution >= 0.6 is 0 Å². The van der Waals surface area contributed by atoms with Crippen molar-refractivity contribution in [3.8, 4) is 0 Å². The second-order valence-electron chi connectivity index (χ2n) is 6.91. The van der Waals surface area contributed by atoms with E-state index in [2.05, 4.69) is 15.4 Å². The van der Waals surface area contributed by atoms with Crippen molar-refractivity contribution in [1.29, 1.82) is 0 Å². The van der Waals surface area contributed by atoms with Gasteiger partial charge in [0.05, 0.1) is 10.9 Å². The molecule has 0 radical (unpaired) electrons. The summed E-state index contributed by atoms with van der Waals surface area (Å²) in [7, 11) is 0. The van der Waals surface area contributed by atoms with Gasteiger partial charge in [-0.1, -0.05) is 13.3 Å². The van der Waals surface area contributed by atoms with Gasteiger partial charge in [-0.3, -0.25) is 19.0 Å². The fraction of sp³-hybridized carbons (Fsp3) is 0.350. The molecular weight excluding hydrogens is 358 g/mol. The van der Waals surface area contributed by atoms with Crippen LogP contribution in [0.1, 0.15) is 42.5 Å². The van der Waals surface area contributed by atoms with Gasteiger partial charge >= 0.3 is 0 Å². The predicted octanol–water partition coefficient (Wildman–Crippen LogP) is 1.95. The number of anilines is 1. The molecule has 0 unspecified atom stereocenters. The molecule has 1 aliphatic rings. The molecule has 0 fully saturated rings. The van der Waals surface area contributed by atoms with Crippen molar-refractivity contribution in [2.24, 2.45) is 0 Å². The highest BCUT2D eigenvalue weighted by Gasteiger charge is 2.17. The first kappa shape index (κ1) is 18.1. The molecule has 3 aromatic rings. The number of rotatable bonds is 5. The minimum atomic E-state index is -0.432. The third-order valence-electron chi connectivity index (χ3n) is 4.90. The molecule has 8 nitrogen and oxygen atoms in total. The number of nitrogens with zero attached hydrogens (tertiary/aromatic N) is 4. The number of aromatic nitrogens is 4. The number of carbonyl (C=O) groups is 1. The molecule has 0 saturated carbocycles. The number of hydrogen-bond acceptors (Lipinski definition) is 5. The van der Waals surface area contributed by atoms with Gasteiger partial charge in [0.1, 0.15) is 11.5 Å². The first-order chi connectivity index (χ1) is 13.6. The van der Waals surface area contributed by atoms with Crippen molar-refractivity contribution in [3.05, 3.63) is 62.6 Å². The molecule has 0 aliphatic carbocycles. The molecule has 3 heterocycles. The molecule has 0 saturated heterocycles. The van der Waals surface area contributed by atoms with Crippen LogP contribution < -0.4 is 16.4 Å². The van der Waals surface area contributed by atoms with Crippen molar-refractivity contribution >= 4 is 22.5 Å². The summed E-state index contributed by atoms with van der Waals surface area (Å²) in [6.07, 6.45) is 3.46. The fourth-order valence-electron chi connectivity index (χ4n) is 3.39. The van der Waals surface area contributed by atoms with Gasteiger partial charge in [-0.05, 0) is 37.1 Å². The zero-order chi connectivity index (χ0) is 19.7. The minimum Gasteiger partial charge on any atom is -0.321 e. The van der Waals surface area contributed by atoms with Gasteiger partial charge in [0.2, 0.25) is 0 Å². The molecule has 1 aliphatic heterocycles. The summed E-state index contributed by atoms with van der Waals surface area (Å²) >= 11 is 0. The Balaban J connectivity index is 1.62. The Morgan fingerprint density at radius 2 is 2.07 bits per heavy atom. The highest BCUT2D eigenvalue weighted by atomic mass is 16.2. The van der Waals surface area contributed by atoms with Crippen LogP contribution in [0.2, 0.25) is 0 Å². The summed E-state index contributed by atoms with van der Waals surface area (Å²) in [6, 6.07) is 7.84. The van der Waals surface area contributed by atoms with Crippen LogP contribution in [0.5, 0.6) is 0 Å². The lowest BCUT2D eigenvalue weighted by Gasteiger charge is -2.09. The molecule has 1 N–H and O–H groups in total. The summed E-state index contributed by atoms with van der Waals surface area (Å²) in [5.41, 5.74) is 0.952. The van der Waals surface area contributed by atoms with Gasteiger partial charge in [-0.25, -0.2) is 9.67 Å². The summed E-state index contributed by atoms with van der Waals surface area (Å²) < 4.78 is 3.00. The quantitative estimate of drug-likeness (QED) is 0.730. The molecule has 1 amide bonds. The maximum Gasteiger partial charge on any atom is 0.276 e. The van der Waals surface area contributed by atoms with Crippen molar-refractivity contribution in [1.82, 2.24) is 19.3 Å². The predicted molar refractivity (Wildman–Crippen MR) is 106 cm³/mol. The summed E-state index contributed by atoms with van der Waals surface area (Å²) in [5.74, 6) is 0.381. The number of nitrogens with one attached hydrogen (secondary N) is 1. The zero-order valence-electron chi connectivity index (χ0n) is 15.6. The van der Waals surface area contributed by atoms with E-state index in [9.17, 15) is 14.4 Å². The smallest absolute Gasteiger partial charge is 0.276 e. The van der Waals surface area contributed by atoms with Crippen LogP contribution in [0.15, 0.2) is 39.9 Å². The number of benzene rings is 1. The maximum absolute atomic E-state index is 12.7. The Kier molecular flexibility index (Phi) is 4.77. The minimum absolute atomic E-state index is 0.0835. The Bertz CT molecular complexity index is 1180. The molecule has 0 bridgehead atoms. The van der Waals surface area contributed by atoms with E-state index in [1.54, 1.807) is 22.8 Å². The van der Waals surface area contributed by atoms with Crippen LogP contribution in [0.25, 0.3) is 10.9 Å². The summed E-state index contributed by atoms with van der Waals surface area (Å²) in [5, 5.41) is 7.38. The van der Waals surface area contributed by atoms with Gasteiger partial charge in [0.25, 0.3) is 17.0 Å². The Hall–Kier alpha value is -3.29.